The average molecular weight is 328 g/mol. The lowest BCUT2D eigenvalue weighted by Gasteiger charge is -2.27. The molecule has 1 aliphatic rings. The van der Waals surface area contributed by atoms with Gasteiger partial charge in [-0.1, -0.05) is 48.0 Å². The molecule has 0 saturated carbocycles. The molecular weight excluding hydrogens is 310 g/mol. The molecule has 5 heteroatoms. The molecule has 0 atom stereocenters. The first kappa shape index (κ1) is 15.6. The van der Waals surface area contributed by atoms with Crippen molar-refractivity contribution >= 4 is 35.1 Å². The predicted molar refractivity (Wildman–Crippen MR) is 96.9 cm³/mol. The second-order valence-electron chi connectivity index (χ2n) is 5.56. The molecule has 3 rings (SSSR count). The summed E-state index contributed by atoms with van der Waals surface area (Å²) >= 11 is 6.21. The van der Waals surface area contributed by atoms with Crippen LogP contribution >= 0.6 is 11.6 Å². The fourth-order valence-electron chi connectivity index (χ4n) is 2.81. The highest BCUT2D eigenvalue weighted by atomic mass is 35.5. The average Bonchev–Trinajstić information content (AvgIpc) is 2.72. The number of nitrogens with zero attached hydrogens (tertiary/aromatic N) is 3. The Balaban J connectivity index is 1.97. The molecule has 0 aliphatic carbocycles. The van der Waals surface area contributed by atoms with Crippen LogP contribution in [0.4, 0.5) is 11.4 Å². The number of rotatable bonds is 5. The number of halogens is 1. The van der Waals surface area contributed by atoms with E-state index < -0.39 is 0 Å². The van der Waals surface area contributed by atoms with Crippen molar-refractivity contribution in [2.45, 2.75) is 6.42 Å². The van der Waals surface area contributed by atoms with Gasteiger partial charge in [-0.15, -0.1) is 4.91 Å². The fraction of sp³-hybridized carbons (Fsp3) is 0.222. The summed E-state index contributed by atoms with van der Waals surface area (Å²) in [6, 6.07) is 14.2. The van der Waals surface area contributed by atoms with Gasteiger partial charge in [0.1, 0.15) is 0 Å². The molecule has 1 heterocycles. The summed E-state index contributed by atoms with van der Waals surface area (Å²) in [5.41, 5.74) is 4.53. The molecule has 0 spiro atoms. The first-order valence-electron chi connectivity index (χ1n) is 7.57. The van der Waals surface area contributed by atoms with Crippen molar-refractivity contribution < 1.29 is 0 Å². The molecule has 118 valence electrons. The van der Waals surface area contributed by atoms with E-state index in [9.17, 15) is 4.91 Å². The molecular formula is C18H18ClN3O. The number of hydrogen-bond donors (Lipinski definition) is 0. The highest BCUT2D eigenvalue weighted by Crippen LogP contribution is 2.37. The van der Waals surface area contributed by atoms with Gasteiger partial charge >= 0.3 is 0 Å². The molecule has 0 radical (unpaired) electrons. The van der Waals surface area contributed by atoms with Gasteiger partial charge in [-0.2, -0.15) is 0 Å². The highest BCUT2D eigenvalue weighted by molar-refractivity contribution is 6.31. The van der Waals surface area contributed by atoms with E-state index in [4.69, 9.17) is 11.6 Å². The Morgan fingerprint density at radius 2 is 1.83 bits per heavy atom. The van der Waals surface area contributed by atoms with Crippen LogP contribution in [0.2, 0.25) is 5.02 Å². The molecule has 0 amide bonds. The number of hydrogen-bond acceptors (Lipinski definition) is 3. The summed E-state index contributed by atoms with van der Waals surface area (Å²) < 4.78 is 0. The van der Waals surface area contributed by atoms with Crippen molar-refractivity contribution in [2.24, 2.45) is 5.29 Å². The van der Waals surface area contributed by atoms with E-state index in [-0.39, 0.29) is 0 Å². The maximum absolute atomic E-state index is 10.5. The summed E-state index contributed by atoms with van der Waals surface area (Å²) in [7, 11) is 1.69. The Morgan fingerprint density at radius 1 is 1.09 bits per heavy atom. The normalized spacial score (nSPS) is 12.3. The van der Waals surface area contributed by atoms with Crippen molar-refractivity contribution in [3.63, 3.8) is 0 Å². The van der Waals surface area contributed by atoms with Gasteiger partial charge in [-0.25, -0.2) is 0 Å². The molecule has 1 aliphatic heterocycles. The summed E-state index contributed by atoms with van der Waals surface area (Å²) in [4.78, 5) is 12.8. The van der Waals surface area contributed by atoms with Crippen LogP contribution in [0.25, 0.3) is 12.2 Å². The van der Waals surface area contributed by atoms with Gasteiger partial charge in [0.05, 0.1) is 5.29 Å². The van der Waals surface area contributed by atoms with E-state index in [0.29, 0.717) is 11.6 Å². The van der Waals surface area contributed by atoms with Gasteiger partial charge < -0.3 is 4.90 Å². The third-order valence-corrected chi connectivity index (χ3v) is 4.19. The lowest BCUT2D eigenvalue weighted by Crippen LogP contribution is -2.23. The van der Waals surface area contributed by atoms with E-state index in [0.717, 1.165) is 29.9 Å². The molecule has 0 saturated heterocycles. The molecule has 0 unspecified atom stereocenters. The SMILES string of the molecule is CN(CCCN1c2ccccc2C=Cc2ccc(Cl)cc21)N=O. The lowest BCUT2D eigenvalue weighted by molar-refractivity contribution is 0.345. The van der Waals surface area contributed by atoms with Gasteiger partial charge in [-0.3, -0.25) is 5.01 Å². The third-order valence-electron chi connectivity index (χ3n) is 3.96. The predicted octanol–water partition coefficient (Wildman–Crippen LogP) is 4.97. The van der Waals surface area contributed by atoms with Gasteiger partial charge in [0.2, 0.25) is 0 Å². The lowest BCUT2D eigenvalue weighted by atomic mass is 10.1. The second-order valence-corrected chi connectivity index (χ2v) is 6.00. The fourth-order valence-corrected chi connectivity index (χ4v) is 2.98. The zero-order valence-corrected chi connectivity index (χ0v) is 13.7. The molecule has 0 aromatic heterocycles. The topological polar surface area (TPSA) is 35.9 Å². The minimum Gasteiger partial charge on any atom is -0.340 e. The standard InChI is InChI=1S/C18H18ClN3O/c1-21(20-23)11-4-12-22-17-6-3-2-5-14(17)7-8-15-9-10-16(19)13-18(15)22/h2-3,5-10,13H,4,11-12H2,1H3. The first-order valence-corrected chi connectivity index (χ1v) is 7.95. The molecule has 2 aromatic rings. The number of anilines is 2. The van der Waals surface area contributed by atoms with E-state index in [2.05, 4.69) is 34.5 Å². The zero-order chi connectivity index (χ0) is 16.2. The smallest absolute Gasteiger partial charge is 0.0521 e. The van der Waals surface area contributed by atoms with Crippen LogP contribution in [0.3, 0.4) is 0 Å². The number of para-hydroxylation sites is 1. The largest absolute Gasteiger partial charge is 0.340 e. The van der Waals surface area contributed by atoms with E-state index in [1.54, 1.807) is 7.05 Å². The Bertz CT molecular complexity index is 745. The second kappa shape index (κ2) is 6.84. The minimum atomic E-state index is 0.617. The molecule has 2 aromatic carbocycles. The van der Waals surface area contributed by atoms with Crippen LogP contribution in [-0.2, 0) is 0 Å². The molecule has 4 nitrogen and oxygen atoms in total. The van der Waals surface area contributed by atoms with E-state index in [1.165, 1.54) is 10.6 Å². The number of fused-ring (bicyclic) bond motifs is 2. The Labute approximate surface area is 140 Å². The monoisotopic (exact) mass is 327 g/mol. The van der Waals surface area contributed by atoms with Gasteiger partial charge in [0.25, 0.3) is 0 Å². The summed E-state index contributed by atoms with van der Waals surface area (Å²) in [6.45, 7) is 1.40. The zero-order valence-electron chi connectivity index (χ0n) is 12.9. The third kappa shape index (κ3) is 3.37. The van der Waals surface area contributed by atoms with E-state index >= 15 is 0 Å². The van der Waals surface area contributed by atoms with Crippen molar-refractivity contribution in [1.29, 1.82) is 0 Å². The highest BCUT2D eigenvalue weighted by Gasteiger charge is 2.18. The minimum absolute atomic E-state index is 0.617. The van der Waals surface area contributed by atoms with E-state index in [1.807, 2.05) is 30.3 Å². The number of nitroso groups, excluding NO2 is 1. The maximum atomic E-state index is 10.5. The van der Waals surface area contributed by atoms with Gasteiger partial charge in [0, 0.05) is 36.5 Å². The van der Waals surface area contributed by atoms with Crippen LogP contribution in [-0.4, -0.2) is 25.1 Å². The van der Waals surface area contributed by atoms with Crippen molar-refractivity contribution in [3.05, 3.63) is 63.5 Å². The molecule has 0 fully saturated rings. The maximum Gasteiger partial charge on any atom is 0.0521 e. The van der Waals surface area contributed by atoms with Gasteiger partial charge in [-0.05, 0) is 35.7 Å². The molecule has 23 heavy (non-hydrogen) atoms. The van der Waals surface area contributed by atoms with Crippen molar-refractivity contribution in [1.82, 2.24) is 5.01 Å². The van der Waals surface area contributed by atoms with Crippen LogP contribution in [0.5, 0.6) is 0 Å². The number of benzene rings is 2. The quantitative estimate of drug-likeness (QED) is 0.575. The molecule has 0 bridgehead atoms. The Kier molecular flexibility index (Phi) is 4.63. The summed E-state index contributed by atoms with van der Waals surface area (Å²) in [5.74, 6) is 0. The van der Waals surface area contributed by atoms with Crippen molar-refractivity contribution in [2.75, 3.05) is 25.0 Å². The Morgan fingerprint density at radius 3 is 2.61 bits per heavy atom. The van der Waals surface area contributed by atoms with Crippen LogP contribution in [0, 0.1) is 4.91 Å². The Hall–Kier alpha value is -2.33. The van der Waals surface area contributed by atoms with Crippen molar-refractivity contribution in [3.8, 4) is 0 Å². The molecule has 0 N–H and O–H groups in total. The van der Waals surface area contributed by atoms with Gasteiger partial charge in [0.15, 0.2) is 0 Å². The van der Waals surface area contributed by atoms with Crippen LogP contribution in [0.1, 0.15) is 17.5 Å². The first-order chi connectivity index (χ1) is 11.2. The summed E-state index contributed by atoms with van der Waals surface area (Å²) in [5, 5.41) is 5.06. The van der Waals surface area contributed by atoms with Crippen LogP contribution < -0.4 is 4.90 Å². The van der Waals surface area contributed by atoms with Crippen LogP contribution in [0.15, 0.2) is 47.8 Å². The summed E-state index contributed by atoms with van der Waals surface area (Å²) in [6.07, 6.45) is 5.06.